The molecule has 10 heteroatoms. The lowest BCUT2D eigenvalue weighted by atomic mass is 9.86. The van der Waals surface area contributed by atoms with Crippen molar-refractivity contribution in [2.45, 2.75) is 58.9 Å². The predicted molar refractivity (Wildman–Crippen MR) is 179 cm³/mol. The van der Waals surface area contributed by atoms with Gasteiger partial charge in [0.15, 0.2) is 0 Å². The number of carbonyl (C=O) groups excluding carboxylic acids is 1. The Labute approximate surface area is 265 Å². The third kappa shape index (κ3) is 6.02. The van der Waals surface area contributed by atoms with Crippen LogP contribution in [0.5, 0.6) is 5.75 Å². The SMILES string of the molecule is CCOc1ccccc1CNc1ccc2n1[B][N+]1=C(N3C=C(CC4CCCCC4)NN3)C=CC1=C2c1ccc(NC(C)=O)cc1. The quantitative estimate of drug-likeness (QED) is 0.235. The number of hydrogen-bond donors (Lipinski definition) is 4. The molecule has 4 N–H and O–H groups in total. The molecule has 1 aromatic heterocycles. The minimum Gasteiger partial charge on any atom is -0.494 e. The highest BCUT2D eigenvalue weighted by Gasteiger charge is 2.38. The molecule has 0 atom stereocenters. The Bertz CT molecular complexity index is 1710. The summed E-state index contributed by atoms with van der Waals surface area (Å²) in [5.41, 5.74) is 14.3. The molecule has 1 radical (unpaired) electrons. The van der Waals surface area contributed by atoms with Crippen LogP contribution in [-0.2, 0) is 11.3 Å². The highest BCUT2D eigenvalue weighted by molar-refractivity contribution is 6.30. The number of fused-ring (bicyclic) bond motifs is 2. The number of rotatable bonds is 9. The molecule has 1 aliphatic carbocycles. The van der Waals surface area contributed by atoms with Crippen molar-refractivity contribution in [3.05, 3.63) is 107 Å². The second kappa shape index (κ2) is 12.7. The first-order valence-corrected chi connectivity index (χ1v) is 16.1. The lowest BCUT2D eigenvalue weighted by Gasteiger charge is -2.23. The molecule has 0 spiro atoms. The Kier molecular flexibility index (Phi) is 8.22. The van der Waals surface area contributed by atoms with E-state index >= 15 is 0 Å². The number of carbonyl (C=O) groups is 1. The number of ether oxygens (including phenoxy) is 1. The monoisotopic (exact) mass is 601 g/mol. The fourth-order valence-electron chi connectivity index (χ4n) is 6.76. The van der Waals surface area contributed by atoms with Crippen LogP contribution in [0.25, 0.3) is 5.57 Å². The molecular formula is C35H40BN7O2+. The standard InChI is InChI=1S/C35H40BN7O2/c1-3-45-32-12-8-7-11-27(32)22-37-33-19-17-30-35(26-13-15-28(16-14-26)38-24(2)44)31-18-20-34(43(31)36-42(30)33)41-23-29(39-40-41)21-25-9-5-4-6-10-25/h7-8,11-20,23,25,37,39-40H,3-6,9-10,21-22H2,1-2H3,(H,38,44)/q+1. The van der Waals surface area contributed by atoms with Gasteiger partial charge >= 0.3 is 7.55 Å². The van der Waals surface area contributed by atoms with Gasteiger partial charge in [0.2, 0.25) is 5.91 Å². The maximum atomic E-state index is 11.7. The van der Waals surface area contributed by atoms with Crippen LogP contribution in [0.1, 0.15) is 69.2 Å². The molecule has 9 nitrogen and oxygen atoms in total. The lowest BCUT2D eigenvalue weighted by molar-refractivity contribution is -0.320. The molecule has 1 fully saturated rings. The summed E-state index contributed by atoms with van der Waals surface area (Å²) in [5, 5.41) is 8.62. The zero-order valence-electron chi connectivity index (χ0n) is 26.0. The van der Waals surface area contributed by atoms with E-state index in [4.69, 9.17) is 4.74 Å². The Morgan fingerprint density at radius 2 is 1.87 bits per heavy atom. The summed E-state index contributed by atoms with van der Waals surface area (Å²) < 4.78 is 10.3. The van der Waals surface area contributed by atoms with Crippen molar-refractivity contribution in [3.63, 3.8) is 0 Å². The zero-order valence-corrected chi connectivity index (χ0v) is 26.0. The van der Waals surface area contributed by atoms with Gasteiger partial charge in [-0.05, 0) is 61.2 Å². The van der Waals surface area contributed by atoms with Crippen LogP contribution in [0.4, 0.5) is 11.5 Å². The second-order valence-electron chi connectivity index (χ2n) is 12.0. The molecule has 3 aromatic rings. The molecule has 2 aromatic carbocycles. The molecule has 0 saturated heterocycles. The Hall–Kier alpha value is -4.70. The normalized spacial score (nSPS) is 17.5. The van der Waals surface area contributed by atoms with Crippen LogP contribution in [0.3, 0.4) is 0 Å². The van der Waals surface area contributed by atoms with Crippen molar-refractivity contribution in [1.29, 1.82) is 0 Å². The van der Waals surface area contributed by atoms with Gasteiger partial charge in [-0.25, -0.2) is 0 Å². The van der Waals surface area contributed by atoms with E-state index in [-0.39, 0.29) is 5.91 Å². The van der Waals surface area contributed by atoms with Crippen molar-refractivity contribution in [1.82, 2.24) is 20.4 Å². The number of nitrogens with zero attached hydrogens (tertiary/aromatic N) is 3. The number of amidine groups is 1. The number of benzene rings is 2. The van der Waals surface area contributed by atoms with Gasteiger partial charge < -0.3 is 19.8 Å². The van der Waals surface area contributed by atoms with Crippen LogP contribution in [0, 0.1) is 5.92 Å². The van der Waals surface area contributed by atoms with Gasteiger partial charge in [0.1, 0.15) is 17.6 Å². The minimum absolute atomic E-state index is 0.0840. The summed E-state index contributed by atoms with van der Waals surface area (Å²) in [6.07, 6.45) is 14.3. The lowest BCUT2D eigenvalue weighted by Crippen LogP contribution is -2.44. The number of para-hydroxylation sites is 1. The van der Waals surface area contributed by atoms with Crippen LogP contribution >= 0.6 is 0 Å². The van der Waals surface area contributed by atoms with Crippen molar-refractivity contribution in [3.8, 4) is 5.75 Å². The maximum Gasteiger partial charge on any atom is 0.553 e. The van der Waals surface area contributed by atoms with E-state index in [2.05, 4.69) is 91.8 Å². The number of anilines is 2. The van der Waals surface area contributed by atoms with Crippen molar-refractivity contribution >= 4 is 36.4 Å². The first kappa shape index (κ1) is 29.0. The number of amides is 1. The van der Waals surface area contributed by atoms with E-state index in [1.807, 2.05) is 37.3 Å². The van der Waals surface area contributed by atoms with Gasteiger partial charge in [-0.2, -0.15) is 0 Å². The van der Waals surface area contributed by atoms with E-state index in [9.17, 15) is 4.79 Å². The molecule has 3 aliphatic heterocycles. The van der Waals surface area contributed by atoms with Crippen molar-refractivity contribution < 1.29 is 14.0 Å². The minimum atomic E-state index is -0.0840. The van der Waals surface area contributed by atoms with Gasteiger partial charge in [-0.1, -0.05) is 68.0 Å². The summed E-state index contributed by atoms with van der Waals surface area (Å²) >= 11 is 0. The third-order valence-corrected chi connectivity index (χ3v) is 8.89. The summed E-state index contributed by atoms with van der Waals surface area (Å²) in [6.45, 7) is 4.79. The molecule has 1 saturated carbocycles. The van der Waals surface area contributed by atoms with Crippen LogP contribution in [0.2, 0.25) is 0 Å². The molecule has 45 heavy (non-hydrogen) atoms. The van der Waals surface area contributed by atoms with Gasteiger partial charge in [0.05, 0.1) is 18.1 Å². The molecule has 4 aliphatic rings. The molecule has 4 heterocycles. The van der Waals surface area contributed by atoms with Gasteiger partial charge in [-0.15, -0.1) is 5.01 Å². The molecule has 7 rings (SSSR count). The number of aromatic nitrogens is 1. The van der Waals surface area contributed by atoms with Crippen molar-refractivity contribution in [2.24, 2.45) is 5.92 Å². The summed E-state index contributed by atoms with van der Waals surface area (Å²) in [4.78, 5) is 11.7. The first-order valence-electron chi connectivity index (χ1n) is 16.1. The molecule has 0 bridgehead atoms. The third-order valence-electron chi connectivity index (χ3n) is 8.89. The first-order chi connectivity index (χ1) is 22.1. The smallest absolute Gasteiger partial charge is 0.494 e. The molecular weight excluding hydrogens is 561 g/mol. The maximum absolute atomic E-state index is 11.7. The Morgan fingerprint density at radius 1 is 1.04 bits per heavy atom. The Balaban J connectivity index is 1.23. The van der Waals surface area contributed by atoms with Gasteiger partial charge in [-0.3, -0.25) is 14.7 Å². The fraction of sp³-hybridized carbons (Fsp3) is 0.314. The van der Waals surface area contributed by atoms with Gasteiger partial charge in [0, 0.05) is 42.1 Å². The fourth-order valence-corrected chi connectivity index (χ4v) is 6.76. The highest BCUT2D eigenvalue weighted by atomic mass is 16.5. The number of hydrogen-bond acceptors (Lipinski definition) is 6. The van der Waals surface area contributed by atoms with E-state index in [1.54, 1.807) is 0 Å². The average molecular weight is 602 g/mol. The predicted octanol–water partition coefficient (Wildman–Crippen LogP) is 5.73. The summed E-state index contributed by atoms with van der Waals surface area (Å²) in [6, 6.07) is 20.5. The van der Waals surface area contributed by atoms with Crippen LogP contribution in [-0.4, -0.2) is 39.9 Å². The highest BCUT2D eigenvalue weighted by Crippen LogP contribution is 2.37. The molecule has 0 unspecified atom stereocenters. The number of allylic oxidation sites excluding steroid dienone is 2. The average Bonchev–Trinajstić information content (AvgIpc) is 3.79. The second-order valence-corrected chi connectivity index (χ2v) is 12.0. The number of hydrazine groups is 2. The van der Waals surface area contributed by atoms with Crippen LogP contribution in [0.15, 0.2) is 90.4 Å². The zero-order chi connectivity index (χ0) is 30.8. The summed E-state index contributed by atoms with van der Waals surface area (Å²) in [5.74, 6) is 3.55. The number of nitrogens with one attached hydrogen (secondary N) is 4. The van der Waals surface area contributed by atoms with E-state index in [0.717, 1.165) is 63.5 Å². The molecule has 1 amide bonds. The summed E-state index contributed by atoms with van der Waals surface area (Å²) in [7, 11) is 2.15. The molecule has 229 valence electrons. The largest absolute Gasteiger partial charge is 0.553 e. The van der Waals surface area contributed by atoms with E-state index < -0.39 is 0 Å². The topological polar surface area (TPSA) is 85.6 Å². The van der Waals surface area contributed by atoms with E-state index in [0.29, 0.717) is 13.2 Å². The van der Waals surface area contributed by atoms with Gasteiger partial charge in [0.25, 0.3) is 5.84 Å². The van der Waals surface area contributed by atoms with Crippen molar-refractivity contribution in [2.75, 3.05) is 17.2 Å². The Morgan fingerprint density at radius 3 is 2.67 bits per heavy atom. The van der Waals surface area contributed by atoms with E-state index in [1.165, 1.54) is 44.7 Å². The van der Waals surface area contributed by atoms with Crippen LogP contribution < -0.4 is 26.3 Å².